The Morgan fingerprint density at radius 1 is 1.25 bits per heavy atom. The summed E-state index contributed by atoms with van der Waals surface area (Å²) in [5, 5.41) is 0.422. The zero-order valence-corrected chi connectivity index (χ0v) is 9.88. The van der Waals surface area contributed by atoms with Crippen LogP contribution in [0.4, 0.5) is 5.69 Å². The Balaban J connectivity index is 2.43. The molecule has 0 spiro atoms. The van der Waals surface area contributed by atoms with Gasteiger partial charge in [-0.25, -0.2) is 0 Å². The minimum Gasteiger partial charge on any atom is -0.303 e. The lowest BCUT2D eigenvalue weighted by atomic mass is 10.1. The van der Waals surface area contributed by atoms with E-state index in [1.54, 1.807) is 18.2 Å². The molecule has 5 heteroatoms. The van der Waals surface area contributed by atoms with Gasteiger partial charge in [-0.05, 0) is 18.6 Å². The van der Waals surface area contributed by atoms with Crippen molar-refractivity contribution >= 4 is 40.6 Å². The summed E-state index contributed by atoms with van der Waals surface area (Å²) in [4.78, 5) is 24.7. The van der Waals surface area contributed by atoms with Crippen LogP contribution in [0.5, 0.6) is 0 Å². The van der Waals surface area contributed by atoms with E-state index >= 15 is 0 Å². The van der Waals surface area contributed by atoms with Crippen molar-refractivity contribution in [3.63, 3.8) is 0 Å². The van der Waals surface area contributed by atoms with Crippen LogP contribution in [-0.2, 0) is 4.79 Å². The summed E-state index contributed by atoms with van der Waals surface area (Å²) < 4.78 is 0. The lowest BCUT2D eigenvalue weighted by Crippen LogP contribution is -2.31. The van der Waals surface area contributed by atoms with Gasteiger partial charge in [0.2, 0.25) is 0 Å². The van der Waals surface area contributed by atoms with Gasteiger partial charge >= 0.3 is 0 Å². The minimum absolute atomic E-state index is 0.382. The van der Waals surface area contributed by atoms with Gasteiger partial charge in [0.25, 0.3) is 11.7 Å². The number of carbonyl (C=O) groups is 2. The molecule has 0 radical (unpaired) electrons. The van der Waals surface area contributed by atoms with Crippen molar-refractivity contribution in [2.75, 3.05) is 17.3 Å². The zero-order chi connectivity index (χ0) is 11.7. The summed E-state index contributed by atoms with van der Waals surface area (Å²) in [6.07, 6.45) is 0.630. The highest BCUT2D eigenvalue weighted by molar-refractivity contribution is 6.54. The second kappa shape index (κ2) is 4.44. The number of nitrogens with zero attached hydrogens (tertiary/aromatic N) is 1. The molecular weight excluding hydrogens is 249 g/mol. The molecule has 0 bridgehead atoms. The van der Waals surface area contributed by atoms with Gasteiger partial charge in [-0.15, -0.1) is 11.6 Å². The average molecular weight is 258 g/mol. The second-order valence-corrected chi connectivity index (χ2v) is 4.25. The van der Waals surface area contributed by atoms with E-state index in [4.69, 9.17) is 23.2 Å². The highest BCUT2D eigenvalue weighted by Gasteiger charge is 2.36. The van der Waals surface area contributed by atoms with Crippen molar-refractivity contribution in [1.29, 1.82) is 0 Å². The fraction of sp³-hybridized carbons (Fsp3) is 0.273. The van der Waals surface area contributed by atoms with Gasteiger partial charge in [-0.2, -0.15) is 0 Å². The number of ketones is 1. The number of hydrogen-bond acceptors (Lipinski definition) is 2. The third-order valence-electron chi connectivity index (χ3n) is 2.46. The molecule has 1 aromatic rings. The fourth-order valence-corrected chi connectivity index (χ4v) is 2.14. The molecule has 0 saturated carbocycles. The predicted molar refractivity (Wildman–Crippen MR) is 63.5 cm³/mol. The standard InChI is InChI=1S/C11H9Cl2NO2/c12-5-2-6-14-9-7(10(15)11(14)16)3-1-4-8(9)13/h1,3-4H,2,5-6H2. The summed E-state index contributed by atoms with van der Waals surface area (Å²) in [6, 6.07) is 4.94. The third kappa shape index (κ3) is 1.70. The van der Waals surface area contributed by atoms with Crippen molar-refractivity contribution in [1.82, 2.24) is 0 Å². The normalized spacial score (nSPS) is 14.5. The number of benzene rings is 1. The molecule has 0 N–H and O–H groups in total. The van der Waals surface area contributed by atoms with E-state index < -0.39 is 11.7 Å². The van der Waals surface area contributed by atoms with Crippen LogP contribution in [0.25, 0.3) is 0 Å². The van der Waals surface area contributed by atoms with Crippen molar-refractivity contribution in [3.05, 3.63) is 28.8 Å². The summed E-state index contributed by atoms with van der Waals surface area (Å²) in [6.45, 7) is 0.421. The Hall–Kier alpha value is -1.06. The van der Waals surface area contributed by atoms with E-state index in [2.05, 4.69) is 0 Å². The maximum Gasteiger partial charge on any atom is 0.299 e. The number of carbonyl (C=O) groups excluding carboxylic acids is 2. The number of rotatable bonds is 3. The predicted octanol–water partition coefficient (Wildman–Crippen LogP) is 2.50. The number of para-hydroxylation sites is 1. The van der Waals surface area contributed by atoms with E-state index in [1.807, 2.05) is 0 Å². The van der Waals surface area contributed by atoms with Crippen LogP contribution in [0.1, 0.15) is 16.8 Å². The molecule has 0 aromatic heterocycles. The van der Waals surface area contributed by atoms with Crippen LogP contribution in [0, 0.1) is 0 Å². The molecule has 1 amide bonds. The highest BCUT2D eigenvalue weighted by Crippen LogP contribution is 2.35. The van der Waals surface area contributed by atoms with E-state index in [1.165, 1.54) is 4.90 Å². The molecule has 1 aliphatic rings. The molecule has 1 aromatic carbocycles. The Morgan fingerprint density at radius 3 is 2.69 bits per heavy atom. The monoisotopic (exact) mass is 257 g/mol. The highest BCUT2D eigenvalue weighted by atomic mass is 35.5. The average Bonchev–Trinajstić information content (AvgIpc) is 2.52. The van der Waals surface area contributed by atoms with Crippen LogP contribution in [0.2, 0.25) is 5.02 Å². The topological polar surface area (TPSA) is 37.4 Å². The molecule has 1 aliphatic heterocycles. The van der Waals surface area contributed by atoms with Crippen molar-refractivity contribution in [3.8, 4) is 0 Å². The molecular formula is C11H9Cl2NO2. The summed E-state index contributed by atoms with van der Waals surface area (Å²) >= 11 is 11.6. The van der Waals surface area contributed by atoms with Crippen molar-refractivity contribution < 1.29 is 9.59 Å². The van der Waals surface area contributed by atoms with Gasteiger partial charge in [0.05, 0.1) is 16.3 Å². The smallest absolute Gasteiger partial charge is 0.299 e. The molecule has 84 valence electrons. The largest absolute Gasteiger partial charge is 0.303 e. The zero-order valence-electron chi connectivity index (χ0n) is 8.37. The van der Waals surface area contributed by atoms with Gasteiger partial charge in [-0.1, -0.05) is 17.7 Å². The van der Waals surface area contributed by atoms with Crippen LogP contribution in [0.3, 0.4) is 0 Å². The van der Waals surface area contributed by atoms with E-state index in [0.717, 1.165) is 0 Å². The summed E-state index contributed by atoms with van der Waals surface area (Å²) in [5.74, 6) is -0.571. The fourth-order valence-electron chi connectivity index (χ4n) is 1.74. The molecule has 2 rings (SSSR count). The Labute approximate surface area is 103 Å². The summed E-state index contributed by atoms with van der Waals surface area (Å²) in [5.41, 5.74) is 0.899. The molecule has 1 heterocycles. The van der Waals surface area contributed by atoms with Gasteiger partial charge in [0, 0.05) is 12.4 Å². The molecule has 0 aliphatic carbocycles. The third-order valence-corrected chi connectivity index (χ3v) is 3.03. The number of alkyl halides is 1. The number of halogens is 2. The Kier molecular flexibility index (Phi) is 3.17. The first-order chi connectivity index (χ1) is 7.66. The van der Waals surface area contributed by atoms with Crippen molar-refractivity contribution in [2.45, 2.75) is 6.42 Å². The van der Waals surface area contributed by atoms with Crippen LogP contribution in [0.15, 0.2) is 18.2 Å². The first-order valence-electron chi connectivity index (χ1n) is 4.87. The number of fused-ring (bicyclic) bond motifs is 1. The van der Waals surface area contributed by atoms with E-state index in [9.17, 15) is 9.59 Å². The lowest BCUT2D eigenvalue weighted by molar-refractivity contribution is -0.114. The van der Waals surface area contributed by atoms with Crippen LogP contribution in [-0.4, -0.2) is 24.1 Å². The molecule has 3 nitrogen and oxygen atoms in total. The van der Waals surface area contributed by atoms with Gasteiger partial charge < -0.3 is 4.90 Å². The van der Waals surface area contributed by atoms with Crippen LogP contribution < -0.4 is 4.90 Å². The number of hydrogen-bond donors (Lipinski definition) is 0. The molecule has 0 fully saturated rings. The quantitative estimate of drug-likeness (QED) is 0.617. The molecule has 0 saturated heterocycles. The van der Waals surface area contributed by atoms with E-state index in [-0.39, 0.29) is 0 Å². The maximum absolute atomic E-state index is 11.7. The first kappa shape index (κ1) is 11.4. The minimum atomic E-state index is -0.520. The Bertz CT molecular complexity index is 459. The lowest BCUT2D eigenvalue weighted by Gasteiger charge is -2.16. The van der Waals surface area contributed by atoms with Crippen molar-refractivity contribution in [2.24, 2.45) is 0 Å². The summed E-state index contributed by atoms with van der Waals surface area (Å²) in [7, 11) is 0. The van der Waals surface area contributed by atoms with Crippen LogP contribution >= 0.6 is 23.2 Å². The van der Waals surface area contributed by atoms with Gasteiger partial charge in [0.1, 0.15) is 0 Å². The maximum atomic E-state index is 11.7. The number of Topliss-reactive ketones (excluding diaryl/α,β-unsaturated/α-hetero) is 1. The SMILES string of the molecule is O=C1C(=O)N(CCCCl)c2c(Cl)cccc21. The Morgan fingerprint density at radius 2 is 2.00 bits per heavy atom. The number of amides is 1. The van der Waals surface area contributed by atoms with Gasteiger partial charge in [-0.3, -0.25) is 9.59 Å². The molecule has 0 unspecified atom stereocenters. The van der Waals surface area contributed by atoms with E-state index in [0.29, 0.717) is 35.1 Å². The second-order valence-electron chi connectivity index (χ2n) is 3.46. The van der Waals surface area contributed by atoms with Gasteiger partial charge in [0.15, 0.2) is 0 Å². The molecule has 0 atom stereocenters. The molecule has 16 heavy (non-hydrogen) atoms. The first-order valence-corrected chi connectivity index (χ1v) is 5.78. The number of anilines is 1.